The van der Waals surface area contributed by atoms with E-state index < -0.39 is 0 Å². The maximum Gasteiger partial charge on any atom is 0.225 e. The second kappa shape index (κ2) is 9.94. The fourth-order valence-corrected chi connectivity index (χ4v) is 4.71. The molecule has 1 aromatic rings. The Bertz CT molecular complexity index is 674. The minimum absolute atomic E-state index is 0. The first kappa shape index (κ1) is 21.4. The van der Waals surface area contributed by atoms with E-state index in [0.717, 1.165) is 44.9 Å². The lowest BCUT2D eigenvalue weighted by atomic mass is 10.1. The van der Waals surface area contributed by atoms with E-state index in [0.29, 0.717) is 23.8 Å². The van der Waals surface area contributed by atoms with Crippen molar-refractivity contribution in [3.05, 3.63) is 35.9 Å². The van der Waals surface area contributed by atoms with Crippen molar-refractivity contribution >= 4 is 35.8 Å². The van der Waals surface area contributed by atoms with Gasteiger partial charge in [-0.2, -0.15) is 0 Å². The third-order valence-electron chi connectivity index (χ3n) is 6.45. The zero-order chi connectivity index (χ0) is 18.6. The average molecular weight is 496 g/mol. The maximum atomic E-state index is 12.6. The van der Waals surface area contributed by atoms with Gasteiger partial charge in [0.25, 0.3) is 0 Å². The number of guanidine groups is 1. The second-order valence-corrected chi connectivity index (χ2v) is 8.36. The van der Waals surface area contributed by atoms with Crippen LogP contribution in [0.1, 0.15) is 50.0 Å². The smallest absolute Gasteiger partial charge is 0.225 e. The van der Waals surface area contributed by atoms with Crippen LogP contribution < -0.4 is 10.6 Å². The lowest BCUT2D eigenvalue weighted by Gasteiger charge is -2.21. The van der Waals surface area contributed by atoms with E-state index in [1.165, 1.54) is 24.8 Å². The van der Waals surface area contributed by atoms with Gasteiger partial charge in [-0.05, 0) is 43.1 Å². The SMILES string of the molecule is CN=C(NCC1CC1c1ccccc1)NC1CCN(C(=O)C2CCCC2)C1.I. The molecule has 1 aromatic carbocycles. The second-order valence-electron chi connectivity index (χ2n) is 8.36. The number of likely N-dealkylation sites (tertiary alicyclic amines) is 1. The molecule has 3 aliphatic rings. The molecule has 2 aliphatic carbocycles. The highest BCUT2D eigenvalue weighted by Gasteiger charge is 2.38. The van der Waals surface area contributed by atoms with Crippen molar-refractivity contribution in [1.29, 1.82) is 0 Å². The van der Waals surface area contributed by atoms with E-state index in [9.17, 15) is 4.79 Å². The minimum Gasteiger partial charge on any atom is -0.356 e. The molecule has 1 aliphatic heterocycles. The summed E-state index contributed by atoms with van der Waals surface area (Å²) in [5.41, 5.74) is 1.45. The van der Waals surface area contributed by atoms with Gasteiger partial charge < -0.3 is 15.5 Å². The Morgan fingerprint density at radius 1 is 1.18 bits per heavy atom. The minimum atomic E-state index is 0. The summed E-state index contributed by atoms with van der Waals surface area (Å²) in [5, 5.41) is 7.02. The summed E-state index contributed by atoms with van der Waals surface area (Å²) < 4.78 is 0. The maximum absolute atomic E-state index is 12.6. The Kier molecular flexibility index (Phi) is 7.60. The van der Waals surface area contributed by atoms with Gasteiger partial charge in [0.2, 0.25) is 5.91 Å². The highest BCUT2D eigenvalue weighted by molar-refractivity contribution is 14.0. The molecule has 1 amide bonds. The van der Waals surface area contributed by atoms with Crippen LogP contribution in [-0.4, -0.2) is 49.5 Å². The van der Waals surface area contributed by atoms with Crippen molar-refractivity contribution in [3.63, 3.8) is 0 Å². The summed E-state index contributed by atoms with van der Waals surface area (Å²) in [6.45, 7) is 2.64. The Hall–Kier alpha value is -1.31. The molecule has 0 spiro atoms. The normalized spacial score (nSPS) is 27.4. The fourth-order valence-electron chi connectivity index (χ4n) is 4.71. The first-order valence-electron chi connectivity index (χ1n) is 10.6. The van der Waals surface area contributed by atoms with Gasteiger partial charge in [-0.15, -0.1) is 24.0 Å². The molecule has 2 N–H and O–H groups in total. The topological polar surface area (TPSA) is 56.7 Å². The van der Waals surface area contributed by atoms with E-state index in [1.54, 1.807) is 0 Å². The van der Waals surface area contributed by atoms with Crippen molar-refractivity contribution in [2.24, 2.45) is 16.8 Å². The Morgan fingerprint density at radius 3 is 2.64 bits per heavy atom. The number of carbonyl (C=O) groups is 1. The third kappa shape index (κ3) is 5.19. The van der Waals surface area contributed by atoms with Crippen LogP contribution in [-0.2, 0) is 4.79 Å². The molecule has 6 heteroatoms. The van der Waals surface area contributed by atoms with Crippen molar-refractivity contribution in [2.45, 2.75) is 50.5 Å². The van der Waals surface area contributed by atoms with E-state index in [2.05, 4.69) is 50.9 Å². The number of hydrogen-bond acceptors (Lipinski definition) is 2. The molecular formula is C22H33IN4O. The summed E-state index contributed by atoms with van der Waals surface area (Å²) in [5.74, 6) is 2.90. The standard InChI is InChI=1S/C22H32N4O.HI/c1-23-22(24-14-18-13-20(18)16-7-3-2-4-8-16)25-19-11-12-26(15-19)21(27)17-9-5-6-10-17;/h2-4,7-8,17-20H,5-6,9-15H2,1H3,(H2,23,24,25);1H. The largest absolute Gasteiger partial charge is 0.356 e. The highest BCUT2D eigenvalue weighted by Crippen LogP contribution is 2.46. The van der Waals surface area contributed by atoms with Gasteiger partial charge in [-0.25, -0.2) is 0 Å². The number of carbonyl (C=O) groups excluding carboxylic acids is 1. The molecule has 5 nitrogen and oxygen atoms in total. The van der Waals surface area contributed by atoms with E-state index >= 15 is 0 Å². The molecule has 28 heavy (non-hydrogen) atoms. The summed E-state index contributed by atoms with van der Waals surface area (Å²) in [7, 11) is 1.83. The Morgan fingerprint density at radius 2 is 1.93 bits per heavy atom. The van der Waals surface area contributed by atoms with Gasteiger partial charge in [0.15, 0.2) is 5.96 Å². The molecule has 2 saturated carbocycles. The number of halogens is 1. The zero-order valence-corrected chi connectivity index (χ0v) is 19.1. The summed E-state index contributed by atoms with van der Waals surface area (Å²) in [6.07, 6.45) is 6.86. The molecule has 0 bridgehead atoms. The first-order valence-corrected chi connectivity index (χ1v) is 10.6. The summed E-state index contributed by atoms with van der Waals surface area (Å²) in [6, 6.07) is 11.1. The van der Waals surface area contributed by atoms with Crippen LogP contribution in [0.4, 0.5) is 0 Å². The van der Waals surface area contributed by atoms with Gasteiger partial charge >= 0.3 is 0 Å². The number of benzene rings is 1. The van der Waals surface area contributed by atoms with Crippen LogP contribution in [0.3, 0.4) is 0 Å². The molecule has 0 aromatic heterocycles. The van der Waals surface area contributed by atoms with Crippen LogP contribution in [0, 0.1) is 11.8 Å². The number of hydrogen-bond donors (Lipinski definition) is 2. The monoisotopic (exact) mass is 496 g/mol. The van der Waals surface area contributed by atoms with Gasteiger partial charge in [0.1, 0.15) is 0 Å². The number of aliphatic imine (C=N–C) groups is 1. The lowest BCUT2D eigenvalue weighted by molar-refractivity contribution is -0.134. The van der Waals surface area contributed by atoms with Gasteiger partial charge in [0, 0.05) is 38.6 Å². The molecular weight excluding hydrogens is 463 g/mol. The molecule has 1 saturated heterocycles. The quantitative estimate of drug-likeness (QED) is 0.374. The van der Waals surface area contributed by atoms with Crippen molar-refractivity contribution in [2.75, 3.05) is 26.7 Å². The summed E-state index contributed by atoms with van der Waals surface area (Å²) in [4.78, 5) is 19.0. The highest BCUT2D eigenvalue weighted by atomic mass is 127. The number of nitrogens with zero attached hydrogens (tertiary/aromatic N) is 2. The fraction of sp³-hybridized carbons (Fsp3) is 0.636. The zero-order valence-electron chi connectivity index (χ0n) is 16.8. The third-order valence-corrected chi connectivity index (χ3v) is 6.45. The first-order chi connectivity index (χ1) is 13.2. The lowest BCUT2D eigenvalue weighted by Crippen LogP contribution is -2.46. The molecule has 3 unspecified atom stereocenters. The summed E-state index contributed by atoms with van der Waals surface area (Å²) >= 11 is 0. The van der Waals surface area contributed by atoms with Crippen molar-refractivity contribution < 1.29 is 4.79 Å². The molecule has 154 valence electrons. The van der Waals surface area contributed by atoms with E-state index in [4.69, 9.17) is 0 Å². The van der Waals surface area contributed by atoms with E-state index in [1.807, 2.05) is 7.05 Å². The number of amides is 1. The molecule has 3 fully saturated rings. The average Bonchev–Trinajstić information content (AvgIpc) is 3.09. The van der Waals surface area contributed by atoms with Crippen molar-refractivity contribution in [1.82, 2.24) is 15.5 Å². The molecule has 0 radical (unpaired) electrons. The van der Waals surface area contributed by atoms with E-state index in [-0.39, 0.29) is 29.9 Å². The molecule has 3 atom stereocenters. The van der Waals surface area contributed by atoms with Gasteiger partial charge in [0.05, 0.1) is 0 Å². The van der Waals surface area contributed by atoms with Crippen LogP contribution in [0.2, 0.25) is 0 Å². The van der Waals surface area contributed by atoms with Crippen LogP contribution >= 0.6 is 24.0 Å². The van der Waals surface area contributed by atoms with Gasteiger partial charge in [-0.1, -0.05) is 43.2 Å². The van der Waals surface area contributed by atoms with Crippen LogP contribution in [0.25, 0.3) is 0 Å². The van der Waals surface area contributed by atoms with Gasteiger partial charge in [-0.3, -0.25) is 9.79 Å². The Labute approximate surface area is 185 Å². The molecule has 4 rings (SSSR count). The predicted octanol–water partition coefficient (Wildman–Crippen LogP) is 3.36. The molecule has 1 heterocycles. The van der Waals surface area contributed by atoms with Crippen LogP contribution in [0.15, 0.2) is 35.3 Å². The van der Waals surface area contributed by atoms with Crippen LogP contribution in [0.5, 0.6) is 0 Å². The number of nitrogens with one attached hydrogen (secondary N) is 2. The van der Waals surface area contributed by atoms with Crippen molar-refractivity contribution in [3.8, 4) is 0 Å². The number of rotatable bonds is 5. The Balaban J connectivity index is 0.00000225. The predicted molar refractivity (Wildman–Crippen MR) is 124 cm³/mol.